The Bertz CT molecular complexity index is 1010. The lowest BCUT2D eigenvalue weighted by Gasteiger charge is -2.33. The standard InChI is InChI=1S/C19H24F3N5O3S/c1-11(2)27-15(17(28)24-16-8-9-23-18(25-16)19(20,21)22)10-14(26-31(27,29)30)13-6-4-12(3)5-7-13/h8-13H,4-7H2,1-3H3,(H,23,24,25,28). The average Bonchev–Trinajstić information content (AvgIpc) is 2.66. The lowest BCUT2D eigenvalue weighted by molar-refractivity contribution is -0.144. The summed E-state index contributed by atoms with van der Waals surface area (Å²) >= 11 is 0. The number of rotatable bonds is 4. The molecule has 1 saturated carbocycles. The predicted octanol–water partition coefficient (Wildman–Crippen LogP) is 3.55. The average molecular weight is 459 g/mol. The van der Waals surface area contributed by atoms with Crippen LogP contribution in [0.25, 0.3) is 0 Å². The molecule has 0 saturated heterocycles. The first kappa shape index (κ1) is 23.2. The highest BCUT2D eigenvalue weighted by atomic mass is 32.2. The molecule has 1 N–H and O–H groups in total. The Kier molecular flexibility index (Phi) is 6.40. The van der Waals surface area contributed by atoms with Crippen LogP contribution in [-0.2, 0) is 21.2 Å². The van der Waals surface area contributed by atoms with E-state index in [1.165, 1.54) is 6.08 Å². The smallest absolute Gasteiger partial charge is 0.305 e. The van der Waals surface area contributed by atoms with E-state index in [2.05, 4.69) is 26.6 Å². The lowest BCUT2D eigenvalue weighted by Crippen LogP contribution is -2.43. The zero-order valence-electron chi connectivity index (χ0n) is 17.3. The largest absolute Gasteiger partial charge is 0.451 e. The number of hydrogen-bond donors (Lipinski definition) is 1. The van der Waals surface area contributed by atoms with Crippen molar-refractivity contribution in [2.24, 2.45) is 16.2 Å². The third-order valence-electron chi connectivity index (χ3n) is 5.28. The molecule has 0 bridgehead atoms. The molecule has 31 heavy (non-hydrogen) atoms. The van der Waals surface area contributed by atoms with Crippen LogP contribution in [0, 0.1) is 11.8 Å². The van der Waals surface area contributed by atoms with Gasteiger partial charge in [-0.25, -0.2) is 14.3 Å². The van der Waals surface area contributed by atoms with Crippen molar-refractivity contribution in [3.63, 3.8) is 0 Å². The van der Waals surface area contributed by atoms with Gasteiger partial charge in [-0.05, 0) is 44.7 Å². The quantitative estimate of drug-likeness (QED) is 0.741. The van der Waals surface area contributed by atoms with Gasteiger partial charge in [0, 0.05) is 18.2 Å². The number of nitrogens with one attached hydrogen (secondary N) is 1. The summed E-state index contributed by atoms with van der Waals surface area (Å²) < 4.78 is 69.1. The van der Waals surface area contributed by atoms with E-state index < -0.39 is 34.2 Å². The Morgan fingerprint density at radius 3 is 2.45 bits per heavy atom. The molecule has 1 aliphatic carbocycles. The van der Waals surface area contributed by atoms with Crippen LogP contribution in [0.3, 0.4) is 0 Å². The third-order valence-corrected chi connectivity index (χ3v) is 6.83. The lowest BCUT2D eigenvalue weighted by atomic mass is 9.80. The Morgan fingerprint density at radius 1 is 1.23 bits per heavy atom. The number of allylic oxidation sites excluding steroid dienone is 1. The minimum atomic E-state index is -4.78. The maximum absolute atomic E-state index is 12.9. The fourth-order valence-electron chi connectivity index (χ4n) is 3.74. The van der Waals surface area contributed by atoms with E-state index in [1.807, 2.05) is 0 Å². The summed E-state index contributed by atoms with van der Waals surface area (Å²) in [6.45, 7) is 5.28. The number of nitrogens with zero attached hydrogens (tertiary/aromatic N) is 4. The van der Waals surface area contributed by atoms with Crippen LogP contribution in [0.5, 0.6) is 0 Å². The molecule has 0 atom stereocenters. The zero-order chi connectivity index (χ0) is 23.0. The van der Waals surface area contributed by atoms with Gasteiger partial charge in [0.15, 0.2) is 0 Å². The Balaban J connectivity index is 1.93. The molecular formula is C19H24F3N5O3S. The summed E-state index contributed by atoms with van der Waals surface area (Å²) in [4.78, 5) is 19.4. The van der Waals surface area contributed by atoms with Gasteiger partial charge < -0.3 is 5.32 Å². The number of alkyl halides is 3. The fourth-order valence-corrected chi connectivity index (χ4v) is 5.21. The molecule has 0 aromatic carbocycles. The molecule has 170 valence electrons. The molecule has 0 unspecified atom stereocenters. The van der Waals surface area contributed by atoms with Crippen molar-refractivity contribution in [2.45, 2.75) is 58.7 Å². The summed E-state index contributed by atoms with van der Waals surface area (Å²) in [6.07, 6.45) is 0.863. The first-order valence-corrected chi connectivity index (χ1v) is 11.4. The van der Waals surface area contributed by atoms with E-state index in [0.717, 1.165) is 42.3 Å². The highest BCUT2D eigenvalue weighted by Crippen LogP contribution is 2.33. The number of carbonyl (C=O) groups is 1. The van der Waals surface area contributed by atoms with Gasteiger partial charge in [0.2, 0.25) is 5.82 Å². The van der Waals surface area contributed by atoms with E-state index in [0.29, 0.717) is 11.6 Å². The molecule has 1 aliphatic heterocycles. The van der Waals surface area contributed by atoms with Crippen LogP contribution in [0.1, 0.15) is 52.3 Å². The van der Waals surface area contributed by atoms with Crippen LogP contribution in [-0.4, -0.2) is 40.4 Å². The van der Waals surface area contributed by atoms with Crippen molar-refractivity contribution in [2.75, 3.05) is 5.32 Å². The van der Waals surface area contributed by atoms with Gasteiger partial charge in [0.1, 0.15) is 11.5 Å². The summed E-state index contributed by atoms with van der Waals surface area (Å²) in [5.41, 5.74) is 0.0958. The van der Waals surface area contributed by atoms with Gasteiger partial charge in [-0.3, -0.25) is 4.79 Å². The molecule has 2 heterocycles. The van der Waals surface area contributed by atoms with Gasteiger partial charge in [0.05, 0.1) is 5.71 Å². The second-order valence-electron chi connectivity index (χ2n) is 8.09. The summed E-state index contributed by atoms with van der Waals surface area (Å²) in [6, 6.07) is 0.470. The minimum Gasteiger partial charge on any atom is -0.305 e. The van der Waals surface area contributed by atoms with Crippen molar-refractivity contribution in [1.29, 1.82) is 0 Å². The van der Waals surface area contributed by atoms with Gasteiger partial charge >= 0.3 is 16.4 Å². The molecule has 0 radical (unpaired) electrons. The molecule has 1 fully saturated rings. The number of anilines is 1. The molecule has 1 aromatic heterocycles. The molecule has 1 amide bonds. The van der Waals surface area contributed by atoms with E-state index in [9.17, 15) is 26.4 Å². The zero-order valence-corrected chi connectivity index (χ0v) is 18.2. The second-order valence-corrected chi connectivity index (χ2v) is 9.56. The van der Waals surface area contributed by atoms with Crippen LogP contribution >= 0.6 is 0 Å². The second kappa shape index (κ2) is 8.56. The highest BCUT2D eigenvalue weighted by molar-refractivity contribution is 7.88. The van der Waals surface area contributed by atoms with Gasteiger partial charge in [-0.2, -0.15) is 21.6 Å². The monoisotopic (exact) mass is 459 g/mol. The fraction of sp³-hybridized carbons (Fsp3) is 0.579. The van der Waals surface area contributed by atoms with E-state index in [4.69, 9.17) is 0 Å². The van der Waals surface area contributed by atoms with Gasteiger partial charge in [-0.1, -0.05) is 19.8 Å². The van der Waals surface area contributed by atoms with Crippen LogP contribution in [0.2, 0.25) is 0 Å². The van der Waals surface area contributed by atoms with E-state index in [-0.39, 0.29) is 17.4 Å². The number of hydrogen-bond acceptors (Lipinski definition) is 5. The summed E-state index contributed by atoms with van der Waals surface area (Å²) in [5, 5.41) is 2.26. The molecule has 2 aliphatic rings. The first-order chi connectivity index (χ1) is 14.4. The third kappa shape index (κ3) is 5.23. The minimum absolute atomic E-state index is 0.0982. The van der Waals surface area contributed by atoms with Crippen molar-refractivity contribution in [1.82, 2.24) is 14.3 Å². The molecule has 0 spiro atoms. The van der Waals surface area contributed by atoms with Crippen LogP contribution in [0.4, 0.5) is 19.0 Å². The first-order valence-electron chi connectivity index (χ1n) is 9.96. The van der Waals surface area contributed by atoms with Gasteiger partial charge in [0.25, 0.3) is 5.91 Å². The Morgan fingerprint density at radius 2 is 1.87 bits per heavy atom. The molecular weight excluding hydrogens is 435 g/mol. The van der Waals surface area contributed by atoms with Crippen molar-refractivity contribution < 1.29 is 26.4 Å². The number of halogens is 3. The maximum Gasteiger partial charge on any atom is 0.451 e. The molecule has 12 heteroatoms. The summed E-state index contributed by atoms with van der Waals surface area (Å²) in [7, 11) is -4.17. The Labute approximate surface area is 178 Å². The van der Waals surface area contributed by atoms with Crippen LogP contribution < -0.4 is 5.32 Å². The molecule has 8 nitrogen and oxygen atoms in total. The topological polar surface area (TPSA) is 105 Å². The SMILES string of the molecule is CC1CCC(C2=NS(=O)(=O)N(C(C)C)C(C(=O)Nc3ccnc(C(F)(F)F)n3)=C2)CC1. The number of aromatic nitrogens is 2. The highest BCUT2D eigenvalue weighted by Gasteiger charge is 2.38. The van der Waals surface area contributed by atoms with E-state index in [1.54, 1.807) is 13.8 Å². The summed E-state index contributed by atoms with van der Waals surface area (Å²) in [5.74, 6) is -2.24. The van der Waals surface area contributed by atoms with Crippen molar-refractivity contribution >= 4 is 27.6 Å². The van der Waals surface area contributed by atoms with Crippen LogP contribution in [0.15, 0.2) is 28.4 Å². The normalized spacial score (nSPS) is 23.9. The molecule has 1 aromatic rings. The maximum atomic E-state index is 12.9. The van der Waals surface area contributed by atoms with Crippen molar-refractivity contribution in [3.05, 3.63) is 29.9 Å². The number of carbonyl (C=O) groups excluding carboxylic acids is 1. The molecule has 3 rings (SSSR count). The Hall–Kier alpha value is -2.50. The van der Waals surface area contributed by atoms with Crippen molar-refractivity contribution in [3.8, 4) is 0 Å². The number of amides is 1. The van der Waals surface area contributed by atoms with Gasteiger partial charge in [-0.15, -0.1) is 4.40 Å². The van der Waals surface area contributed by atoms with E-state index >= 15 is 0 Å². The predicted molar refractivity (Wildman–Crippen MR) is 108 cm³/mol.